The SMILES string of the molecule is O=C=CCc1ccccc1Cc1ccccc1. The van der Waals surface area contributed by atoms with Crippen LogP contribution in [0.5, 0.6) is 0 Å². The predicted molar refractivity (Wildman–Crippen MR) is 69.7 cm³/mol. The summed E-state index contributed by atoms with van der Waals surface area (Å²) in [6, 6.07) is 18.6. The summed E-state index contributed by atoms with van der Waals surface area (Å²) in [6.45, 7) is 0. The molecule has 1 nitrogen and oxygen atoms in total. The molecule has 0 atom stereocenters. The summed E-state index contributed by atoms with van der Waals surface area (Å²) >= 11 is 0. The van der Waals surface area contributed by atoms with Crippen LogP contribution >= 0.6 is 0 Å². The maximum atomic E-state index is 10.3. The second-order valence-electron chi connectivity index (χ2n) is 3.96. The topological polar surface area (TPSA) is 17.1 Å². The number of hydrogen-bond donors (Lipinski definition) is 0. The van der Waals surface area contributed by atoms with Gasteiger partial charge in [-0.1, -0.05) is 54.6 Å². The fraction of sp³-hybridized carbons (Fsp3) is 0.125. The van der Waals surface area contributed by atoms with Crippen molar-refractivity contribution >= 4 is 5.94 Å². The minimum atomic E-state index is 0.659. The molecule has 0 N–H and O–H groups in total. The predicted octanol–water partition coefficient (Wildman–Crippen LogP) is 3.21. The van der Waals surface area contributed by atoms with Gasteiger partial charge in [0.1, 0.15) is 5.94 Å². The van der Waals surface area contributed by atoms with Crippen LogP contribution in [0.15, 0.2) is 60.7 Å². The summed E-state index contributed by atoms with van der Waals surface area (Å²) in [5.74, 6) is 1.83. The van der Waals surface area contributed by atoms with E-state index < -0.39 is 0 Å². The number of rotatable bonds is 4. The lowest BCUT2D eigenvalue weighted by molar-refractivity contribution is 0.568. The van der Waals surface area contributed by atoms with E-state index in [1.165, 1.54) is 22.8 Å². The van der Waals surface area contributed by atoms with Crippen molar-refractivity contribution < 1.29 is 4.79 Å². The molecule has 0 heterocycles. The number of carbonyl (C=O) groups excluding carboxylic acids is 1. The lowest BCUT2D eigenvalue weighted by Crippen LogP contribution is -1.94. The largest absolute Gasteiger partial charge is 0.234 e. The van der Waals surface area contributed by atoms with Crippen LogP contribution in [0.1, 0.15) is 16.7 Å². The Kier molecular flexibility index (Phi) is 3.90. The summed E-state index contributed by atoms with van der Waals surface area (Å²) in [5, 5.41) is 0. The average Bonchev–Trinajstić information content (AvgIpc) is 2.39. The summed E-state index contributed by atoms with van der Waals surface area (Å²) < 4.78 is 0. The Bertz CT molecular complexity index is 522. The van der Waals surface area contributed by atoms with Crippen LogP contribution in [0, 0.1) is 0 Å². The van der Waals surface area contributed by atoms with Crippen molar-refractivity contribution in [1.82, 2.24) is 0 Å². The van der Waals surface area contributed by atoms with Gasteiger partial charge in [0.05, 0.1) is 0 Å². The minimum absolute atomic E-state index is 0.659. The molecule has 0 aliphatic rings. The van der Waals surface area contributed by atoms with Crippen molar-refractivity contribution in [3.05, 3.63) is 77.4 Å². The number of allylic oxidation sites excluding steroid dienone is 1. The van der Waals surface area contributed by atoms with E-state index in [1.807, 2.05) is 36.3 Å². The molecular weight excluding hydrogens is 208 g/mol. The van der Waals surface area contributed by atoms with Gasteiger partial charge in [0.25, 0.3) is 0 Å². The molecule has 0 amide bonds. The van der Waals surface area contributed by atoms with E-state index in [4.69, 9.17) is 0 Å². The highest BCUT2D eigenvalue weighted by atomic mass is 16.1. The molecule has 0 aliphatic heterocycles. The smallest absolute Gasteiger partial charge is 0.120 e. The van der Waals surface area contributed by atoms with Crippen LogP contribution in [0.25, 0.3) is 0 Å². The molecule has 0 spiro atoms. The fourth-order valence-corrected chi connectivity index (χ4v) is 1.90. The Morgan fingerprint density at radius 3 is 2.24 bits per heavy atom. The molecule has 0 radical (unpaired) electrons. The Balaban J connectivity index is 2.23. The normalized spacial score (nSPS) is 9.65. The van der Waals surface area contributed by atoms with Gasteiger partial charge >= 0.3 is 0 Å². The maximum Gasteiger partial charge on any atom is 0.120 e. The molecule has 0 aliphatic carbocycles. The van der Waals surface area contributed by atoms with E-state index >= 15 is 0 Å². The summed E-state index contributed by atoms with van der Waals surface area (Å²) in [4.78, 5) is 10.3. The Labute approximate surface area is 101 Å². The fourth-order valence-electron chi connectivity index (χ4n) is 1.90. The van der Waals surface area contributed by atoms with Crippen molar-refractivity contribution in [3.63, 3.8) is 0 Å². The van der Waals surface area contributed by atoms with E-state index in [0.29, 0.717) is 6.42 Å². The van der Waals surface area contributed by atoms with Crippen LogP contribution in [0.4, 0.5) is 0 Å². The van der Waals surface area contributed by atoms with E-state index in [-0.39, 0.29) is 0 Å². The molecule has 0 bridgehead atoms. The first-order valence-corrected chi connectivity index (χ1v) is 5.70. The van der Waals surface area contributed by atoms with Gasteiger partial charge in [-0.05, 0) is 23.1 Å². The maximum absolute atomic E-state index is 10.3. The molecule has 0 aromatic heterocycles. The Hall–Kier alpha value is -2.11. The molecule has 0 saturated carbocycles. The number of benzene rings is 2. The third-order valence-electron chi connectivity index (χ3n) is 2.76. The van der Waals surface area contributed by atoms with Crippen molar-refractivity contribution in [2.24, 2.45) is 0 Å². The monoisotopic (exact) mass is 222 g/mol. The molecule has 2 aromatic carbocycles. The van der Waals surface area contributed by atoms with Crippen molar-refractivity contribution in [1.29, 1.82) is 0 Å². The van der Waals surface area contributed by atoms with Crippen molar-refractivity contribution in [3.8, 4) is 0 Å². The summed E-state index contributed by atoms with van der Waals surface area (Å²) in [5.41, 5.74) is 3.75. The number of hydrogen-bond acceptors (Lipinski definition) is 1. The molecule has 1 heteroatoms. The third kappa shape index (κ3) is 3.17. The second-order valence-corrected chi connectivity index (χ2v) is 3.96. The summed E-state index contributed by atoms with van der Waals surface area (Å²) in [6.07, 6.45) is 3.10. The Morgan fingerprint density at radius 2 is 1.53 bits per heavy atom. The zero-order chi connectivity index (χ0) is 11.9. The van der Waals surface area contributed by atoms with Crippen LogP contribution in [0.2, 0.25) is 0 Å². The van der Waals surface area contributed by atoms with Gasteiger partial charge in [0, 0.05) is 12.5 Å². The molecule has 2 aromatic rings. The molecule has 0 fully saturated rings. The highest BCUT2D eigenvalue weighted by molar-refractivity contribution is 5.47. The molecule has 0 unspecified atom stereocenters. The standard InChI is InChI=1S/C16H14O/c17-12-6-11-15-9-4-5-10-16(15)13-14-7-2-1-3-8-14/h1-10H,11,13H2. The van der Waals surface area contributed by atoms with Gasteiger partial charge < -0.3 is 0 Å². The third-order valence-corrected chi connectivity index (χ3v) is 2.76. The van der Waals surface area contributed by atoms with Crippen molar-refractivity contribution in [2.75, 3.05) is 0 Å². The van der Waals surface area contributed by atoms with Gasteiger partial charge in [-0.25, -0.2) is 4.79 Å². The average molecular weight is 222 g/mol. The van der Waals surface area contributed by atoms with Crippen LogP contribution in [0.3, 0.4) is 0 Å². The zero-order valence-corrected chi connectivity index (χ0v) is 9.60. The zero-order valence-electron chi connectivity index (χ0n) is 9.60. The first kappa shape index (κ1) is 11.4. The lowest BCUT2D eigenvalue weighted by Gasteiger charge is -2.07. The lowest BCUT2D eigenvalue weighted by atomic mass is 9.98. The highest BCUT2D eigenvalue weighted by Crippen LogP contribution is 2.14. The van der Waals surface area contributed by atoms with Gasteiger partial charge in [-0.15, -0.1) is 0 Å². The molecule has 84 valence electrons. The van der Waals surface area contributed by atoms with Gasteiger partial charge in [0.2, 0.25) is 0 Å². The molecule has 2 rings (SSSR count). The van der Waals surface area contributed by atoms with Gasteiger partial charge in [0.15, 0.2) is 0 Å². The van der Waals surface area contributed by atoms with Crippen LogP contribution in [-0.2, 0) is 17.6 Å². The first-order chi connectivity index (χ1) is 8.40. The van der Waals surface area contributed by atoms with Crippen molar-refractivity contribution in [2.45, 2.75) is 12.8 Å². The van der Waals surface area contributed by atoms with E-state index in [1.54, 1.807) is 0 Å². The molecule has 0 saturated heterocycles. The van der Waals surface area contributed by atoms with E-state index in [0.717, 1.165) is 6.42 Å². The molecular formula is C16H14O. The van der Waals surface area contributed by atoms with Crippen LogP contribution in [-0.4, -0.2) is 5.94 Å². The van der Waals surface area contributed by atoms with Gasteiger partial charge in [-0.3, -0.25) is 0 Å². The quantitative estimate of drug-likeness (QED) is 0.726. The van der Waals surface area contributed by atoms with Gasteiger partial charge in [-0.2, -0.15) is 0 Å². The highest BCUT2D eigenvalue weighted by Gasteiger charge is 2.01. The minimum Gasteiger partial charge on any atom is -0.234 e. The van der Waals surface area contributed by atoms with Crippen LogP contribution < -0.4 is 0 Å². The second kappa shape index (κ2) is 5.83. The van der Waals surface area contributed by atoms with E-state index in [2.05, 4.69) is 24.3 Å². The molecule has 17 heavy (non-hydrogen) atoms. The Morgan fingerprint density at radius 1 is 0.882 bits per heavy atom. The summed E-state index contributed by atoms with van der Waals surface area (Å²) in [7, 11) is 0. The van der Waals surface area contributed by atoms with E-state index in [9.17, 15) is 4.79 Å². The first-order valence-electron chi connectivity index (χ1n) is 5.70.